The summed E-state index contributed by atoms with van der Waals surface area (Å²) in [6, 6.07) is 7.49. The molecule has 0 amide bonds. The second kappa shape index (κ2) is 14.1. The molecule has 0 saturated heterocycles. The normalized spacial score (nSPS) is 12.0. The van der Waals surface area contributed by atoms with Gasteiger partial charge in [-0.05, 0) is 37.1 Å². The first kappa shape index (κ1) is 23.0. The monoisotopic (exact) mass is 384 g/mol. The van der Waals surface area contributed by atoms with Crippen molar-refractivity contribution in [3.8, 4) is 11.5 Å². The van der Waals surface area contributed by atoms with E-state index in [1.807, 2.05) is 0 Å². The van der Waals surface area contributed by atoms with E-state index in [1.54, 1.807) is 24.3 Å². The Morgan fingerprint density at radius 2 is 1.67 bits per heavy atom. The fourth-order valence-corrected chi connectivity index (χ4v) is 2.62. The van der Waals surface area contributed by atoms with Gasteiger partial charge < -0.3 is 24.7 Å². The highest BCUT2D eigenvalue weighted by atomic mass is 16.9. The lowest BCUT2D eigenvalue weighted by molar-refractivity contribution is -0.757. The van der Waals surface area contributed by atoms with Crippen molar-refractivity contribution in [1.29, 1.82) is 0 Å². The second-order valence-electron chi connectivity index (χ2n) is 6.38. The molecule has 0 bridgehead atoms. The number of hydrogen-bond donors (Lipinski definition) is 2. The third-order valence-electron chi connectivity index (χ3n) is 3.94. The van der Waals surface area contributed by atoms with Crippen molar-refractivity contribution in [2.75, 3.05) is 26.4 Å². The first-order chi connectivity index (χ1) is 13.0. The molecule has 8 nitrogen and oxygen atoms in total. The molecule has 0 aromatic heterocycles. The summed E-state index contributed by atoms with van der Waals surface area (Å²) in [4.78, 5) is 14.2. The highest BCUT2D eigenvalue weighted by molar-refractivity contribution is 5.31. The number of nitrogens with one attached hydrogen (secondary N) is 1. The molecule has 1 aromatic carbocycles. The topological polar surface area (TPSA) is 103 Å². The Balaban J connectivity index is 2.23. The number of aliphatic hydroxyl groups excluding tert-OH is 1. The van der Waals surface area contributed by atoms with Crippen molar-refractivity contribution in [1.82, 2.24) is 5.32 Å². The molecule has 27 heavy (non-hydrogen) atoms. The molecule has 154 valence electrons. The van der Waals surface area contributed by atoms with E-state index < -0.39 is 11.2 Å². The molecular weight excluding hydrogens is 352 g/mol. The molecule has 1 unspecified atom stereocenters. The van der Waals surface area contributed by atoms with E-state index in [4.69, 9.17) is 9.47 Å². The minimum Gasteiger partial charge on any atom is -0.494 e. The van der Waals surface area contributed by atoms with Crippen LogP contribution in [0.3, 0.4) is 0 Å². The van der Waals surface area contributed by atoms with Crippen LogP contribution in [0.2, 0.25) is 0 Å². The van der Waals surface area contributed by atoms with Gasteiger partial charge in [0, 0.05) is 19.0 Å². The van der Waals surface area contributed by atoms with Gasteiger partial charge in [-0.3, -0.25) is 0 Å². The molecule has 0 aliphatic carbocycles. The van der Waals surface area contributed by atoms with Crippen molar-refractivity contribution in [2.24, 2.45) is 0 Å². The first-order valence-electron chi connectivity index (χ1n) is 9.59. The predicted octanol–water partition coefficient (Wildman–Crippen LogP) is 2.96. The summed E-state index contributed by atoms with van der Waals surface area (Å²) in [6.07, 6.45) is 4.33. The fourth-order valence-electron chi connectivity index (χ4n) is 2.62. The molecule has 1 rings (SSSR count). The van der Waals surface area contributed by atoms with Crippen LogP contribution in [0.25, 0.3) is 0 Å². The molecule has 0 heterocycles. The van der Waals surface area contributed by atoms with Gasteiger partial charge in [0.15, 0.2) is 0 Å². The summed E-state index contributed by atoms with van der Waals surface area (Å²) >= 11 is 0. The summed E-state index contributed by atoms with van der Waals surface area (Å²) in [5.41, 5.74) is 0. The van der Waals surface area contributed by atoms with Crippen molar-refractivity contribution < 1.29 is 24.5 Å². The Bertz CT molecular complexity index is 505. The summed E-state index contributed by atoms with van der Waals surface area (Å²) in [5.74, 6) is 1.30. The first-order valence-corrected chi connectivity index (χ1v) is 9.59. The standard InChI is InChI=1S/C19H32N2O6/c1-3-6-16(7-4-2)20-14-17(22)15-26-19-10-8-18(9-11-19)25-12-5-13-27-21(23)24/h8-11,16-17,20,22H,3-7,12-15H2,1-2H3. The summed E-state index contributed by atoms with van der Waals surface area (Å²) in [6.45, 7) is 5.40. The van der Waals surface area contributed by atoms with E-state index in [9.17, 15) is 15.2 Å². The maximum absolute atomic E-state index is 10.1. The van der Waals surface area contributed by atoms with E-state index in [0.717, 1.165) is 25.7 Å². The summed E-state index contributed by atoms with van der Waals surface area (Å²) in [7, 11) is 0. The van der Waals surface area contributed by atoms with Crippen LogP contribution in [0.5, 0.6) is 11.5 Å². The van der Waals surface area contributed by atoms with Gasteiger partial charge in [-0.15, -0.1) is 10.1 Å². The fraction of sp³-hybridized carbons (Fsp3) is 0.684. The van der Waals surface area contributed by atoms with Crippen LogP contribution in [-0.4, -0.2) is 48.7 Å². The van der Waals surface area contributed by atoms with Crippen LogP contribution in [0, 0.1) is 10.1 Å². The van der Waals surface area contributed by atoms with Crippen molar-refractivity contribution in [3.05, 3.63) is 34.4 Å². The Kier molecular flexibility index (Phi) is 12.0. The van der Waals surface area contributed by atoms with Gasteiger partial charge in [0.05, 0.1) is 13.2 Å². The van der Waals surface area contributed by atoms with Crippen LogP contribution in [0.15, 0.2) is 24.3 Å². The maximum atomic E-state index is 10.1. The summed E-state index contributed by atoms with van der Waals surface area (Å²) < 4.78 is 11.1. The molecule has 0 saturated carbocycles. The Labute approximate surface area is 160 Å². The number of benzene rings is 1. The second-order valence-corrected chi connectivity index (χ2v) is 6.38. The molecule has 1 atom stereocenters. The number of rotatable bonds is 16. The predicted molar refractivity (Wildman–Crippen MR) is 103 cm³/mol. The molecule has 2 N–H and O–H groups in total. The van der Waals surface area contributed by atoms with Gasteiger partial charge >= 0.3 is 0 Å². The Morgan fingerprint density at radius 1 is 1.07 bits per heavy atom. The zero-order valence-electron chi connectivity index (χ0n) is 16.3. The molecule has 0 radical (unpaired) electrons. The van der Waals surface area contributed by atoms with Gasteiger partial charge in [0.1, 0.15) is 24.2 Å². The largest absolute Gasteiger partial charge is 0.494 e. The van der Waals surface area contributed by atoms with E-state index in [2.05, 4.69) is 24.0 Å². The third kappa shape index (κ3) is 11.3. The van der Waals surface area contributed by atoms with Crippen molar-refractivity contribution in [3.63, 3.8) is 0 Å². The molecule has 1 aromatic rings. The number of hydrogen-bond acceptors (Lipinski definition) is 7. The van der Waals surface area contributed by atoms with Crippen LogP contribution < -0.4 is 14.8 Å². The van der Waals surface area contributed by atoms with Gasteiger partial charge in [-0.1, -0.05) is 26.7 Å². The average Bonchev–Trinajstić information content (AvgIpc) is 2.65. The molecule has 0 aliphatic heterocycles. The van der Waals surface area contributed by atoms with Crippen molar-refractivity contribution in [2.45, 2.75) is 58.1 Å². The van der Waals surface area contributed by atoms with Crippen LogP contribution in [0.4, 0.5) is 0 Å². The SMILES string of the molecule is CCCC(CCC)NCC(O)COc1ccc(OCCCO[N+](=O)[O-])cc1. The minimum absolute atomic E-state index is 0.0114. The number of ether oxygens (including phenoxy) is 2. The van der Waals surface area contributed by atoms with Gasteiger partial charge in [-0.2, -0.15) is 0 Å². The third-order valence-corrected chi connectivity index (χ3v) is 3.94. The summed E-state index contributed by atoms with van der Waals surface area (Å²) in [5, 5.41) is 22.7. The van der Waals surface area contributed by atoms with Crippen LogP contribution in [0.1, 0.15) is 46.0 Å². The molecule has 0 spiro atoms. The van der Waals surface area contributed by atoms with Gasteiger partial charge in [0.2, 0.25) is 0 Å². The molecule has 0 aliphatic rings. The zero-order valence-corrected chi connectivity index (χ0v) is 16.3. The maximum Gasteiger partial charge on any atom is 0.294 e. The zero-order chi connectivity index (χ0) is 19.9. The molecular formula is C19H32N2O6. The average molecular weight is 384 g/mol. The Morgan fingerprint density at radius 3 is 2.22 bits per heavy atom. The van der Waals surface area contributed by atoms with Crippen molar-refractivity contribution >= 4 is 0 Å². The van der Waals surface area contributed by atoms with Crippen LogP contribution >= 0.6 is 0 Å². The van der Waals surface area contributed by atoms with E-state index in [0.29, 0.717) is 37.1 Å². The quantitative estimate of drug-likeness (QED) is 0.256. The minimum atomic E-state index is -0.816. The number of aliphatic hydroxyl groups is 1. The lowest BCUT2D eigenvalue weighted by Gasteiger charge is -2.20. The molecule has 0 fully saturated rings. The smallest absolute Gasteiger partial charge is 0.294 e. The highest BCUT2D eigenvalue weighted by Crippen LogP contribution is 2.18. The Hall–Kier alpha value is -2.06. The van der Waals surface area contributed by atoms with Gasteiger partial charge in [0.25, 0.3) is 5.09 Å². The molecule has 8 heteroatoms. The highest BCUT2D eigenvalue weighted by Gasteiger charge is 2.10. The van der Waals surface area contributed by atoms with Gasteiger partial charge in [-0.25, -0.2) is 0 Å². The van der Waals surface area contributed by atoms with Crippen LogP contribution in [-0.2, 0) is 4.84 Å². The lowest BCUT2D eigenvalue weighted by Crippen LogP contribution is -2.38. The van der Waals surface area contributed by atoms with E-state index >= 15 is 0 Å². The van der Waals surface area contributed by atoms with E-state index in [1.165, 1.54) is 0 Å². The van der Waals surface area contributed by atoms with E-state index in [-0.39, 0.29) is 13.2 Å². The lowest BCUT2D eigenvalue weighted by atomic mass is 10.1. The number of nitrogens with zero attached hydrogens (tertiary/aromatic N) is 1.